The fraction of sp³-hybridized carbons (Fsp3) is 0.512. The van der Waals surface area contributed by atoms with Gasteiger partial charge in [0, 0.05) is 85.3 Å². The van der Waals surface area contributed by atoms with Gasteiger partial charge in [0.1, 0.15) is 50.1 Å². The maximum atomic E-state index is 6.20. The number of likely N-dealkylation sites (tertiary alicyclic amines) is 2. The second-order valence-corrected chi connectivity index (χ2v) is 14.0. The number of nitrogens with zero attached hydrogens (tertiary/aromatic N) is 6. The van der Waals surface area contributed by atoms with Crippen LogP contribution < -0.4 is 28.4 Å². The van der Waals surface area contributed by atoms with Crippen LogP contribution in [-0.4, -0.2) is 94.6 Å². The van der Waals surface area contributed by atoms with Crippen LogP contribution in [0.3, 0.4) is 0 Å². The highest BCUT2D eigenvalue weighted by Gasteiger charge is 2.31. The molecule has 8 rings (SSSR count). The Hall–Kier alpha value is -3.98. The predicted octanol–water partition coefficient (Wildman–Crippen LogP) is 7.02. The fourth-order valence-electron chi connectivity index (χ4n) is 7.25. The minimum Gasteiger partial charge on any atom is -0.489 e. The molecule has 2 saturated heterocycles. The largest absolute Gasteiger partial charge is 0.489 e. The van der Waals surface area contributed by atoms with E-state index >= 15 is 0 Å². The Bertz CT molecular complexity index is 1700. The fourth-order valence-corrected chi connectivity index (χ4v) is 7.25. The minimum absolute atomic E-state index is 0. The molecule has 0 radical (unpaired) electrons. The van der Waals surface area contributed by atoms with Gasteiger partial charge in [0.15, 0.2) is 11.5 Å². The molecule has 0 aliphatic carbocycles. The summed E-state index contributed by atoms with van der Waals surface area (Å²) in [5, 5.41) is 0. The van der Waals surface area contributed by atoms with Crippen molar-refractivity contribution in [3.63, 3.8) is 0 Å². The van der Waals surface area contributed by atoms with Crippen molar-refractivity contribution in [2.24, 2.45) is 0 Å². The second kappa shape index (κ2) is 19.7. The van der Waals surface area contributed by atoms with Gasteiger partial charge in [0.25, 0.3) is 11.8 Å². The zero-order valence-corrected chi connectivity index (χ0v) is 34.1. The molecule has 0 N–H and O–H groups in total. The lowest BCUT2D eigenvalue weighted by molar-refractivity contribution is 0.160. The summed E-state index contributed by atoms with van der Waals surface area (Å²) in [5.74, 6) is 4.50. The van der Waals surface area contributed by atoms with E-state index in [4.69, 9.17) is 28.4 Å². The summed E-state index contributed by atoms with van der Waals surface area (Å²) in [5.41, 5.74) is 5.97. The van der Waals surface area contributed by atoms with Gasteiger partial charge >= 0.3 is 0 Å². The standard InChI is InChI=1S/2C20H25N3O3.CH4.2H2S/c2*1-13-10-17(11-14(2)21-13)26-16-6-7-23(12-16)15(3)18-4-5-19-20(22-18)25-9-8-24-19;;;/h2*4-5,10-11,15-16H,6-9,12H2,1-3H3;1H4;2*1H2/t15?,16-;15-,16+;;;/m01.../s1. The van der Waals surface area contributed by atoms with E-state index in [1.54, 1.807) is 0 Å². The third kappa shape index (κ3) is 11.1. The summed E-state index contributed by atoms with van der Waals surface area (Å²) in [4.78, 5) is 22.9. The van der Waals surface area contributed by atoms with Gasteiger partial charge in [-0.2, -0.15) is 27.0 Å². The maximum Gasteiger partial charge on any atom is 0.257 e. The van der Waals surface area contributed by atoms with Gasteiger partial charge in [0.2, 0.25) is 0 Å². The van der Waals surface area contributed by atoms with Crippen molar-refractivity contribution in [2.75, 3.05) is 52.6 Å². The lowest BCUT2D eigenvalue weighted by Gasteiger charge is -2.25. The van der Waals surface area contributed by atoms with Crippen LogP contribution in [0.4, 0.5) is 0 Å². The Morgan fingerprint density at radius 1 is 0.564 bits per heavy atom. The quantitative estimate of drug-likeness (QED) is 0.183. The average Bonchev–Trinajstić information content (AvgIpc) is 3.80. The molecule has 4 aliphatic rings. The molecule has 0 amide bonds. The van der Waals surface area contributed by atoms with E-state index in [1.165, 1.54) is 0 Å². The zero-order chi connectivity index (χ0) is 36.2. The smallest absolute Gasteiger partial charge is 0.257 e. The van der Waals surface area contributed by atoms with Crippen LogP contribution in [0.2, 0.25) is 0 Å². The first-order valence-electron chi connectivity index (χ1n) is 18.4. The molecule has 4 aromatic rings. The number of aromatic nitrogens is 4. The molecule has 1 unspecified atom stereocenters. The summed E-state index contributed by atoms with van der Waals surface area (Å²) in [6.07, 6.45) is 2.40. The highest BCUT2D eigenvalue weighted by atomic mass is 32.1. The number of fused-ring (bicyclic) bond motifs is 2. The number of rotatable bonds is 8. The molecule has 4 aliphatic heterocycles. The average molecular weight is 795 g/mol. The Balaban J connectivity index is 0.000000232. The van der Waals surface area contributed by atoms with Crippen LogP contribution in [0.5, 0.6) is 34.8 Å². The number of pyridine rings is 4. The molecule has 4 atom stereocenters. The summed E-state index contributed by atoms with van der Waals surface area (Å²) < 4.78 is 34.7. The van der Waals surface area contributed by atoms with Crippen LogP contribution in [-0.2, 0) is 0 Å². The molecule has 4 aromatic heterocycles. The second-order valence-electron chi connectivity index (χ2n) is 14.0. The van der Waals surface area contributed by atoms with Crippen molar-refractivity contribution in [1.82, 2.24) is 29.7 Å². The van der Waals surface area contributed by atoms with Gasteiger partial charge < -0.3 is 28.4 Å². The molecule has 8 heterocycles. The molecule has 300 valence electrons. The Kier molecular flexibility index (Phi) is 15.7. The van der Waals surface area contributed by atoms with Gasteiger partial charge in [-0.1, -0.05) is 7.43 Å². The summed E-state index contributed by atoms with van der Waals surface area (Å²) in [7, 11) is 0. The number of aryl methyl sites for hydroxylation is 4. The van der Waals surface area contributed by atoms with Crippen LogP contribution in [0.1, 0.15) is 80.4 Å². The first-order chi connectivity index (χ1) is 25.2. The van der Waals surface area contributed by atoms with Crippen molar-refractivity contribution in [3.05, 3.63) is 82.7 Å². The Labute approximate surface area is 340 Å². The molecular weight excluding hydrogens is 737 g/mol. The Morgan fingerprint density at radius 2 is 0.927 bits per heavy atom. The minimum atomic E-state index is 0. The third-order valence-electron chi connectivity index (χ3n) is 9.87. The number of hydrogen-bond donors (Lipinski definition) is 0. The molecule has 0 aromatic carbocycles. The molecule has 0 spiro atoms. The lowest BCUT2D eigenvalue weighted by atomic mass is 10.2. The predicted molar refractivity (Wildman–Crippen MR) is 223 cm³/mol. The van der Waals surface area contributed by atoms with E-state index in [2.05, 4.69) is 43.6 Å². The van der Waals surface area contributed by atoms with E-state index < -0.39 is 0 Å². The van der Waals surface area contributed by atoms with Gasteiger partial charge in [-0.25, -0.2) is 9.97 Å². The number of hydrogen-bond acceptors (Lipinski definition) is 12. The highest BCUT2D eigenvalue weighted by molar-refractivity contribution is 7.59. The third-order valence-corrected chi connectivity index (χ3v) is 9.87. The molecule has 2 fully saturated rings. The molecule has 0 saturated carbocycles. The molecule has 14 heteroatoms. The molecule has 55 heavy (non-hydrogen) atoms. The van der Waals surface area contributed by atoms with Crippen LogP contribution in [0.25, 0.3) is 0 Å². The van der Waals surface area contributed by atoms with Crippen molar-refractivity contribution < 1.29 is 28.4 Å². The van der Waals surface area contributed by atoms with Crippen molar-refractivity contribution >= 4 is 27.0 Å². The summed E-state index contributed by atoms with van der Waals surface area (Å²) >= 11 is 0. The first kappa shape index (κ1) is 43.7. The van der Waals surface area contributed by atoms with Crippen molar-refractivity contribution in [3.8, 4) is 34.8 Å². The topological polar surface area (TPSA) is 113 Å². The van der Waals surface area contributed by atoms with Gasteiger partial charge in [-0.3, -0.25) is 19.8 Å². The van der Waals surface area contributed by atoms with Gasteiger partial charge in [-0.15, -0.1) is 0 Å². The van der Waals surface area contributed by atoms with E-state index in [0.717, 1.165) is 96.2 Å². The van der Waals surface area contributed by atoms with E-state index in [0.29, 0.717) is 38.2 Å². The highest BCUT2D eigenvalue weighted by Crippen LogP contribution is 2.34. The molecule has 12 nitrogen and oxygen atoms in total. The van der Waals surface area contributed by atoms with Gasteiger partial charge in [-0.05, 0) is 78.6 Å². The molecule has 0 bridgehead atoms. The first-order valence-corrected chi connectivity index (χ1v) is 18.4. The lowest BCUT2D eigenvalue weighted by Crippen LogP contribution is -2.28. The summed E-state index contributed by atoms with van der Waals surface area (Å²) in [6, 6.07) is 16.4. The van der Waals surface area contributed by atoms with E-state index in [9.17, 15) is 0 Å². The van der Waals surface area contributed by atoms with E-state index in [1.807, 2.05) is 76.2 Å². The monoisotopic (exact) mass is 794 g/mol. The van der Waals surface area contributed by atoms with Gasteiger partial charge in [0.05, 0.1) is 11.4 Å². The van der Waals surface area contributed by atoms with Crippen LogP contribution in [0.15, 0.2) is 48.5 Å². The summed E-state index contributed by atoms with van der Waals surface area (Å²) in [6.45, 7) is 18.4. The van der Waals surface area contributed by atoms with Crippen molar-refractivity contribution in [2.45, 2.75) is 86.1 Å². The Morgan fingerprint density at radius 3 is 1.31 bits per heavy atom. The zero-order valence-electron chi connectivity index (χ0n) is 32.1. The number of ether oxygens (including phenoxy) is 6. The maximum absolute atomic E-state index is 6.20. The SMILES string of the molecule is C.Cc1cc(O[C@H]2CCN(C(C)c3ccc4c(n3)OCCO4)C2)cc(C)n1.Cc1cc(O[C@H]2CCN([C@H](C)c3ccc4c(n3)OCCO4)C2)cc(C)n1.S.S. The normalized spacial score (nSPS) is 19.7. The van der Waals surface area contributed by atoms with Crippen molar-refractivity contribution in [1.29, 1.82) is 0 Å². The van der Waals surface area contributed by atoms with Crippen LogP contribution >= 0.6 is 27.0 Å². The van der Waals surface area contributed by atoms with E-state index in [-0.39, 0.29) is 58.7 Å². The van der Waals surface area contributed by atoms with Crippen LogP contribution in [0, 0.1) is 27.7 Å². The molecular formula is C41H58N6O6S2.